The molecule has 1 amide bonds. The van der Waals surface area contributed by atoms with Gasteiger partial charge in [0.2, 0.25) is 0 Å². The van der Waals surface area contributed by atoms with Crippen LogP contribution in [0.4, 0.5) is 0 Å². The van der Waals surface area contributed by atoms with Crippen LogP contribution in [0.5, 0.6) is 0 Å². The van der Waals surface area contributed by atoms with Crippen molar-refractivity contribution in [1.82, 2.24) is 5.32 Å². The predicted octanol–water partition coefficient (Wildman–Crippen LogP) is 4.24. The second kappa shape index (κ2) is 6.80. The lowest BCUT2D eigenvalue weighted by molar-refractivity contribution is 0.0947. The van der Waals surface area contributed by atoms with Crippen molar-refractivity contribution in [2.45, 2.75) is 36.9 Å². The average molecular weight is 342 g/mol. The number of hydrogen-bond donors (Lipinski definition) is 1. The molecule has 1 aromatic rings. The Balaban J connectivity index is 1.93. The maximum absolute atomic E-state index is 12.1. The highest BCUT2D eigenvalue weighted by molar-refractivity contribution is 9.10. The highest BCUT2D eigenvalue weighted by Gasteiger charge is 2.31. The molecule has 0 bridgehead atoms. The van der Waals surface area contributed by atoms with E-state index in [1.807, 2.05) is 36.0 Å². The molecule has 1 saturated carbocycles. The molecule has 4 heteroatoms. The van der Waals surface area contributed by atoms with Crippen LogP contribution in [0.25, 0.3) is 0 Å². The van der Waals surface area contributed by atoms with Gasteiger partial charge in [-0.1, -0.05) is 35.2 Å². The van der Waals surface area contributed by atoms with Crippen molar-refractivity contribution in [2.75, 3.05) is 12.8 Å². The molecule has 1 aliphatic rings. The van der Waals surface area contributed by atoms with Crippen molar-refractivity contribution >= 4 is 33.6 Å². The van der Waals surface area contributed by atoms with E-state index in [1.54, 1.807) is 0 Å². The number of halogens is 1. The van der Waals surface area contributed by atoms with Gasteiger partial charge in [0.25, 0.3) is 5.91 Å². The molecule has 0 heterocycles. The van der Waals surface area contributed by atoms with Gasteiger partial charge in [-0.25, -0.2) is 0 Å². The van der Waals surface area contributed by atoms with E-state index in [4.69, 9.17) is 0 Å². The summed E-state index contributed by atoms with van der Waals surface area (Å²) in [7, 11) is 0. The summed E-state index contributed by atoms with van der Waals surface area (Å²) in [6, 6.07) is 7.51. The molecule has 2 rings (SSSR count). The highest BCUT2D eigenvalue weighted by atomic mass is 79.9. The molecule has 1 aliphatic carbocycles. The molecular formula is C15H20BrNOS. The Labute approximate surface area is 127 Å². The molecule has 0 aliphatic heterocycles. The van der Waals surface area contributed by atoms with Crippen LogP contribution in [-0.4, -0.2) is 23.5 Å². The Bertz CT molecular complexity index is 426. The van der Waals surface area contributed by atoms with Crippen LogP contribution in [-0.2, 0) is 0 Å². The number of nitrogens with one attached hydrogen (secondary N) is 1. The van der Waals surface area contributed by atoms with Gasteiger partial charge in [-0.3, -0.25) is 4.79 Å². The number of hydrogen-bond acceptors (Lipinski definition) is 2. The van der Waals surface area contributed by atoms with E-state index in [9.17, 15) is 4.79 Å². The van der Waals surface area contributed by atoms with Crippen molar-refractivity contribution in [3.8, 4) is 0 Å². The fraction of sp³-hybridized carbons (Fsp3) is 0.533. The van der Waals surface area contributed by atoms with Gasteiger partial charge in [-0.15, -0.1) is 0 Å². The SMILES string of the molecule is CSC1(CNC(=O)c2ccc(Br)cc2)CCCCC1. The van der Waals surface area contributed by atoms with Crippen LogP contribution in [0.15, 0.2) is 28.7 Å². The average Bonchev–Trinajstić information content (AvgIpc) is 2.46. The molecule has 2 nitrogen and oxygen atoms in total. The number of carbonyl (C=O) groups excluding carboxylic acids is 1. The predicted molar refractivity (Wildman–Crippen MR) is 85.8 cm³/mol. The molecule has 1 fully saturated rings. The van der Waals surface area contributed by atoms with Crippen molar-refractivity contribution in [3.63, 3.8) is 0 Å². The van der Waals surface area contributed by atoms with Gasteiger partial charge in [-0.05, 0) is 43.4 Å². The zero-order chi connectivity index (χ0) is 13.7. The van der Waals surface area contributed by atoms with Gasteiger partial charge in [0.1, 0.15) is 0 Å². The Hall–Kier alpha value is -0.480. The highest BCUT2D eigenvalue weighted by Crippen LogP contribution is 2.37. The summed E-state index contributed by atoms with van der Waals surface area (Å²) in [6.45, 7) is 0.781. The minimum absolute atomic E-state index is 0.0338. The Morgan fingerprint density at radius 3 is 2.47 bits per heavy atom. The van der Waals surface area contributed by atoms with Crippen LogP contribution in [0, 0.1) is 0 Å². The molecule has 0 saturated heterocycles. The summed E-state index contributed by atoms with van der Waals surface area (Å²) >= 11 is 5.29. The molecule has 0 aromatic heterocycles. The fourth-order valence-electron chi connectivity index (χ4n) is 2.59. The van der Waals surface area contributed by atoms with Gasteiger partial charge >= 0.3 is 0 Å². The molecule has 104 valence electrons. The molecule has 0 atom stereocenters. The number of amides is 1. The first kappa shape index (κ1) is 14.9. The van der Waals surface area contributed by atoms with E-state index in [1.165, 1.54) is 32.1 Å². The molecule has 0 radical (unpaired) electrons. The van der Waals surface area contributed by atoms with Crippen LogP contribution in [0.1, 0.15) is 42.5 Å². The maximum Gasteiger partial charge on any atom is 0.251 e. The van der Waals surface area contributed by atoms with Gasteiger partial charge < -0.3 is 5.32 Å². The van der Waals surface area contributed by atoms with E-state index >= 15 is 0 Å². The summed E-state index contributed by atoms with van der Waals surface area (Å²) < 4.78 is 1.25. The molecule has 1 N–H and O–H groups in total. The summed E-state index contributed by atoms with van der Waals surface area (Å²) in [5.41, 5.74) is 0.732. The van der Waals surface area contributed by atoms with Crippen molar-refractivity contribution in [1.29, 1.82) is 0 Å². The molecule has 1 aromatic carbocycles. The van der Waals surface area contributed by atoms with Gasteiger partial charge in [0.15, 0.2) is 0 Å². The van der Waals surface area contributed by atoms with E-state index in [-0.39, 0.29) is 10.7 Å². The summed E-state index contributed by atoms with van der Waals surface area (Å²) in [5.74, 6) is 0.0338. The van der Waals surface area contributed by atoms with E-state index < -0.39 is 0 Å². The Kier molecular flexibility index (Phi) is 5.34. The van der Waals surface area contributed by atoms with Crippen LogP contribution in [0.2, 0.25) is 0 Å². The Morgan fingerprint density at radius 2 is 1.89 bits per heavy atom. The van der Waals surface area contributed by atoms with Crippen LogP contribution < -0.4 is 5.32 Å². The lowest BCUT2D eigenvalue weighted by atomic mass is 9.88. The zero-order valence-corrected chi connectivity index (χ0v) is 13.6. The third-order valence-electron chi connectivity index (χ3n) is 3.88. The van der Waals surface area contributed by atoms with Crippen molar-refractivity contribution < 1.29 is 4.79 Å². The lowest BCUT2D eigenvalue weighted by Gasteiger charge is -2.35. The van der Waals surface area contributed by atoms with E-state index in [2.05, 4.69) is 27.5 Å². The molecular weight excluding hydrogens is 322 g/mol. The summed E-state index contributed by atoms with van der Waals surface area (Å²) in [4.78, 5) is 12.1. The quantitative estimate of drug-likeness (QED) is 0.887. The Morgan fingerprint density at radius 1 is 1.26 bits per heavy atom. The monoisotopic (exact) mass is 341 g/mol. The van der Waals surface area contributed by atoms with Gasteiger partial charge in [0, 0.05) is 21.3 Å². The van der Waals surface area contributed by atoms with Crippen LogP contribution in [0.3, 0.4) is 0 Å². The first-order valence-electron chi connectivity index (χ1n) is 6.74. The normalized spacial score (nSPS) is 18.0. The number of carbonyl (C=O) groups is 1. The largest absolute Gasteiger partial charge is 0.351 e. The lowest BCUT2D eigenvalue weighted by Crippen LogP contribution is -2.41. The second-order valence-electron chi connectivity index (χ2n) is 5.14. The fourth-order valence-corrected chi connectivity index (χ4v) is 3.77. The van der Waals surface area contributed by atoms with E-state index in [0.717, 1.165) is 16.6 Å². The van der Waals surface area contributed by atoms with Crippen molar-refractivity contribution in [3.05, 3.63) is 34.3 Å². The standard InChI is InChI=1S/C15H20BrNOS/c1-19-15(9-3-2-4-10-15)11-17-14(18)12-5-7-13(16)8-6-12/h5-8H,2-4,9-11H2,1H3,(H,17,18). The smallest absolute Gasteiger partial charge is 0.251 e. The third kappa shape index (κ3) is 3.99. The molecule has 0 spiro atoms. The topological polar surface area (TPSA) is 29.1 Å². The van der Waals surface area contributed by atoms with E-state index in [0.29, 0.717) is 0 Å². The minimum atomic E-state index is 0.0338. The van der Waals surface area contributed by atoms with Crippen LogP contribution >= 0.6 is 27.7 Å². The number of benzene rings is 1. The second-order valence-corrected chi connectivity index (χ2v) is 7.33. The molecule has 19 heavy (non-hydrogen) atoms. The van der Waals surface area contributed by atoms with Crippen molar-refractivity contribution in [2.24, 2.45) is 0 Å². The third-order valence-corrected chi connectivity index (χ3v) is 5.82. The minimum Gasteiger partial charge on any atom is -0.351 e. The summed E-state index contributed by atoms with van der Waals surface area (Å²) in [5, 5.41) is 3.10. The number of rotatable bonds is 4. The first-order chi connectivity index (χ1) is 9.15. The molecule has 0 unspecified atom stereocenters. The zero-order valence-electron chi connectivity index (χ0n) is 11.2. The van der Waals surface area contributed by atoms with Gasteiger partial charge in [-0.2, -0.15) is 11.8 Å². The maximum atomic E-state index is 12.1. The van der Waals surface area contributed by atoms with Gasteiger partial charge in [0.05, 0.1) is 0 Å². The first-order valence-corrected chi connectivity index (χ1v) is 8.76. The number of thioether (sulfide) groups is 1. The summed E-state index contributed by atoms with van der Waals surface area (Å²) in [6.07, 6.45) is 8.51.